The SMILES string of the molecule is COc1c(/C=C(\F)c2ccc(NC(=O)[C@H](Cc3cn(COC(=O)C(C)(C)C)nn3)NC(=O)OC(C)(C)C)cc2)ccc(C(=O)Nc2ccc(C(=O)O)c(O)c2OC)c1O. The molecule has 18 nitrogen and oxygen atoms in total. The highest BCUT2D eigenvalue weighted by atomic mass is 19.1. The number of hydrogen-bond donors (Lipinski definition) is 6. The number of carbonyl (C=O) groups excluding carboxylic acids is 4. The van der Waals surface area contributed by atoms with Gasteiger partial charge in [0.15, 0.2) is 29.7 Å². The topological polar surface area (TPSA) is 250 Å². The number of ether oxygens (including phenoxy) is 4. The van der Waals surface area contributed by atoms with E-state index in [1.165, 1.54) is 60.5 Å². The maximum atomic E-state index is 15.6. The van der Waals surface area contributed by atoms with Gasteiger partial charge in [-0.3, -0.25) is 14.4 Å². The lowest BCUT2D eigenvalue weighted by atomic mass is 9.98. The second-order valence-corrected chi connectivity index (χ2v) is 14.9. The van der Waals surface area contributed by atoms with Crippen LogP contribution < -0.4 is 25.4 Å². The molecule has 314 valence electrons. The molecule has 0 unspecified atom stereocenters. The number of carboxylic acid groups (broad SMARTS) is 1. The highest BCUT2D eigenvalue weighted by Crippen LogP contribution is 2.40. The first kappa shape index (κ1) is 44.5. The van der Waals surface area contributed by atoms with E-state index in [9.17, 15) is 39.3 Å². The Balaban J connectivity index is 1.49. The Bertz CT molecular complexity index is 2260. The second kappa shape index (κ2) is 18.4. The van der Waals surface area contributed by atoms with Crippen LogP contribution in [0.15, 0.2) is 54.7 Å². The normalized spacial score (nSPS) is 12.2. The number of nitrogens with one attached hydrogen (secondary N) is 3. The van der Waals surface area contributed by atoms with E-state index in [0.717, 1.165) is 19.3 Å². The molecular weight excluding hydrogens is 775 g/mol. The van der Waals surface area contributed by atoms with E-state index in [2.05, 4.69) is 26.3 Å². The molecule has 0 radical (unpaired) electrons. The zero-order valence-electron chi connectivity index (χ0n) is 33.5. The number of halogens is 1. The van der Waals surface area contributed by atoms with E-state index >= 15 is 4.39 Å². The summed E-state index contributed by atoms with van der Waals surface area (Å²) in [4.78, 5) is 62.8. The van der Waals surface area contributed by atoms with Gasteiger partial charge < -0.3 is 50.2 Å². The number of methoxy groups -OCH3 is 2. The summed E-state index contributed by atoms with van der Waals surface area (Å²) >= 11 is 0. The number of aromatic nitrogens is 3. The highest BCUT2D eigenvalue weighted by Gasteiger charge is 2.28. The fourth-order valence-corrected chi connectivity index (χ4v) is 5.20. The molecule has 1 aromatic heterocycles. The van der Waals surface area contributed by atoms with Gasteiger partial charge in [-0.05, 0) is 90.1 Å². The molecule has 1 heterocycles. The highest BCUT2D eigenvalue weighted by molar-refractivity contribution is 6.08. The summed E-state index contributed by atoms with van der Waals surface area (Å²) < 4.78 is 37.8. The Morgan fingerprint density at radius 3 is 2.08 bits per heavy atom. The van der Waals surface area contributed by atoms with Gasteiger partial charge in [0.05, 0.1) is 42.8 Å². The van der Waals surface area contributed by atoms with Crippen LogP contribution in [0.3, 0.4) is 0 Å². The molecule has 0 bridgehead atoms. The van der Waals surface area contributed by atoms with E-state index < -0.39 is 69.8 Å². The molecule has 0 saturated heterocycles. The van der Waals surface area contributed by atoms with Crippen LogP contribution >= 0.6 is 0 Å². The van der Waals surface area contributed by atoms with E-state index in [1.54, 1.807) is 41.5 Å². The van der Waals surface area contributed by atoms with Crippen LogP contribution in [0.5, 0.6) is 23.0 Å². The Kier molecular flexibility index (Phi) is 13.9. The summed E-state index contributed by atoms with van der Waals surface area (Å²) in [5.41, 5.74) is -1.80. The number of rotatable bonds is 14. The average molecular weight is 821 g/mol. The van der Waals surface area contributed by atoms with E-state index in [4.69, 9.17) is 18.9 Å². The quantitative estimate of drug-likeness (QED) is 0.0655. The minimum atomic E-state index is -1.42. The number of carboxylic acids is 1. The summed E-state index contributed by atoms with van der Waals surface area (Å²) in [7, 11) is 2.36. The van der Waals surface area contributed by atoms with Crippen LogP contribution in [0.2, 0.25) is 0 Å². The van der Waals surface area contributed by atoms with Crippen molar-refractivity contribution >= 4 is 53.1 Å². The Hall–Kier alpha value is -7.18. The molecule has 0 aliphatic heterocycles. The lowest BCUT2D eigenvalue weighted by molar-refractivity contribution is -0.157. The molecule has 0 aliphatic rings. The zero-order chi connectivity index (χ0) is 43.8. The molecule has 0 spiro atoms. The van der Waals surface area contributed by atoms with Crippen molar-refractivity contribution in [2.24, 2.45) is 5.41 Å². The number of carbonyl (C=O) groups is 5. The number of benzene rings is 3. The third kappa shape index (κ3) is 11.7. The van der Waals surface area contributed by atoms with Crippen LogP contribution in [0, 0.1) is 5.41 Å². The number of phenols is 2. The molecule has 59 heavy (non-hydrogen) atoms. The minimum absolute atomic E-state index is 0.0535. The zero-order valence-corrected chi connectivity index (χ0v) is 33.5. The molecule has 1 atom stereocenters. The van der Waals surface area contributed by atoms with Gasteiger partial charge in [0.1, 0.15) is 23.0 Å². The summed E-state index contributed by atoms with van der Waals surface area (Å²) in [6, 6.07) is 9.14. The van der Waals surface area contributed by atoms with E-state index in [1.807, 2.05) is 0 Å². The lowest BCUT2D eigenvalue weighted by Crippen LogP contribution is -2.47. The summed E-state index contributed by atoms with van der Waals surface area (Å²) in [5.74, 6) is -6.14. The van der Waals surface area contributed by atoms with E-state index in [0.29, 0.717) is 5.69 Å². The van der Waals surface area contributed by atoms with Crippen molar-refractivity contribution in [3.05, 3.63) is 82.7 Å². The van der Waals surface area contributed by atoms with Crippen LogP contribution in [-0.2, 0) is 32.2 Å². The van der Waals surface area contributed by atoms with Gasteiger partial charge in [-0.25, -0.2) is 18.7 Å². The van der Waals surface area contributed by atoms with Gasteiger partial charge in [0, 0.05) is 23.2 Å². The van der Waals surface area contributed by atoms with Crippen molar-refractivity contribution in [3.8, 4) is 23.0 Å². The Morgan fingerprint density at radius 2 is 1.49 bits per heavy atom. The standard InChI is InChI=1S/C40H45FN6O12/c1-39(2,3)37(54)58-20-47-19-24(45-46-47)18-29(44-38(55)59-40(4,5)6)35(51)42-23-12-9-21(10-13-23)27(41)17-22-11-14-25(30(48)32(22)56-7)34(50)43-28-16-15-26(36(52)53)31(49)33(28)57-8/h9-17,19,29,48-49H,18,20H2,1-8H3,(H,42,51)(H,43,50)(H,44,55)(H,52,53)/b27-17-/t29-/m0/s1. The monoisotopic (exact) mass is 820 g/mol. The van der Waals surface area contributed by atoms with Crippen LogP contribution in [-0.4, -0.2) is 86.0 Å². The maximum absolute atomic E-state index is 15.6. The smallest absolute Gasteiger partial charge is 0.408 e. The van der Waals surface area contributed by atoms with Gasteiger partial charge in [0.2, 0.25) is 5.91 Å². The van der Waals surface area contributed by atoms with E-state index in [-0.39, 0.29) is 52.7 Å². The van der Waals surface area contributed by atoms with Crippen molar-refractivity contribution < 1.29 is 62.6 Å². The van der Waals surface area contributed by atoms with Crippen molar-refractivity contribution in [1.29, 1.82) is 0 Å². The molecule has 4 rings (SSSR count). The molecule has 0 aliphatic carbocycles. The summed E-state index contributed by atoms with van der Waals surface area (Å²) in [5, 5.41) is 46.1. The lowest BCUT2D eigenvalue weighted by Gasteiger charge is -2.23. The largest absolute Gasteiger partial charge is 0.504 e. The second-order valence-electron chi connectivity index (χ2n) is 14.9. The van der Waals surface area contributed by atoms with Crippen LogP contribution in [0.25, 0.3) is 11.9 Å². The van der Waals surface area contributed by atoms with Crippen LogP contribution in [0.1, 0.15) is 79.1 Å². The van der Waals surface area contributed by atoms with Crippen LogP contribution in [0.4, 0.5) is 20.6 Å². The molecule has 4 aromatic rings. The number of amides is 3. The fraction of sp³-hybridized carbons (Fsp3) is 0.325. The predicted molar refractivity (Wildman–Crippen MR) is 211 cm³/mol. The Labute approximate surface area is 337 Å². The number of anilines is 2. The molecule has 6 N–H and O–H groups in total. The number of nitrogens with zero attached hydrogens (tertiary/aromatic N) is 3. The first-order valence-corrected chi connectivity index (χ1v) is 17.8. The predicted octanol–water partition coefficient (Wildman–Crippen LogP) is 5.75. The van der Waals surface area contributed by atoms with Crippen molar-refractivity contribution in [2.75, 3.05) is 24.9 Å². The summed E-state index contributed by atoms with van der Waals surface area (Å²) in [6.45, 7) is 9.87. The first-order valence-electron chi connectivity index (χ1n) is 17.8. The Morgan fingerprint density at radius 1 is 0.864 bits per heavy atom. The van der Waals surface area contributed by atoms with Gasteiger partial charge in [0.25, 0.3) is 5.91 Å². The molecule has 0 saturated carbocycles. The fourth-order valence-electron chi connectivity index (χ4n) is 5.20. The van der Waals surface area contributed by atoms with Crippen molar-refractivity contribution in [3.63, 3.8) is 0 Å². The van der Waals surface area contributed by atoms with Gasteiger partial charge in [-0.1, -0.05) is 11.3 Å². The maximum Gasteiger partial charge on any atom is 0.408 e. The summed E-state index contributed by atoms with van der Waals surface area (Å²) in [6.07, 6.45) is 1.52. The molecule has 3 aromatic carbocycles. The minimum Gasteiger partial charge on any atom is -0.504 e. The number of aromatic hydroxyl groups is 2. The number of aromatic carboxylic acids is 1. The first-order chi connectivity index (χ1) is 27.6. The number of alkyl carbamates (subject to hydrolysis) is 1. The molecule has 3 amide bonds. The van der Waals surface area contributed by atoms with Crippen molar-refractivity contribution in [2.45, 2.75) is 66.3 Å². The van der Waals surface area contributed by atoms with Gasteiger partial charge in [-0.15, -0.1) is 5.10 Å². The molecular formula is C40H45FN6O12. The van der Waals surface area contributed by atoms with Gasteiger partial charge in [-0.2, -0.15) is 0 Å². The number of hydrogen-bond acceptors (Lipinski definition) is 13. The molecule has 0 fully saturated rings. The number of esters is 1. The third-order valence-electron chi connectivity index (χ3n) is 8.08. The number of phenolic OH excluding ortho intramolecular Hbond substituents is 1. The average Bonchev–Trinajstić information content (AvgIpc) is 3.59. The van der Waals surface area contributed by atoms with Gasteiger partial charge >= 0.3 is 18.0 Å². The third-order valence-corrected chi connectivity index (χ3v) is 8.08. The molecule has 19 heteroatoms. The van der Waals surface area contributed by atoms with Crippen molar-refractivity contribution in [1.82, 2.24) is 20.3 Å².